The van der Waals surface area contributed by atoms with E-state index in [4.69, 9.17) is 9.47 Å². The zero-order chi connectivity index (χ0) is 19.4. The van der Waals surface area contributed by atoms with Crippen LogP contribution in [0, 0.1) is 5.92 Å². The first-order chi connectivity index (χ1) is 13.0. The number of methoxy groups -OCH3 is 1. The van der Waals surface area contributed by atoms with Crippen molar-refractivity contribution in [2.24, 2.45) is 5.92 Å². The number of esters is 1. The monoisotopic (exact) mass is 436 g/mol. The first kappa shape index (κ1) is 19.9. The van der Waals surface area contributed by atoms with E-state index in [2.05, 4.69) is 0 Å². The molecule has 5 nitrogen and oxygen atoms in total. The van der Waals surface area contributed by atoms with Crippen LogP contribution in [-0.4, -0.2) is 44.9 Å². The average Bonchev–Trinajstić information content (AvgIpc) is 3.03. The second-order valence-corrected chi connectivity index (χ2v) is 8.78. The van der Waals surface area contributed by atoms with Gasteiger partial charge in [0.15, 0.2) is 0 Å². The van der Waals surface area contributed by atoms with Gasteiger partial charge in [-0.3, -0.25) is 0 Å². The molecule has 2 N–H and O–H groups in total. The van der Waals surface area contributed by atoms with Crippen LogP contribution < -0.4 is 9.20 Å². The number of carbonyl (C=O) groups excluding carboxylic acids is 1. The summed E-state index contributed by atoms with van der Waals surface area (Å²) in [7, 11) is 1.62. The molecule has 2 aromatic carbocycles. The fourth-order valence-corrected chi connectivity index (χ4v) is 6.37. The quantitative estimate of drug-likeness (QED) is 0.514. The normalized spacial score (nSPS) is 23.1. The summed E-state index contributed by atoms with van der Waals surface area (Å²) in [6.07, 6.45) is -0.159. The summed E-state index contributed by atoms with van der Waals surface area (Å²) in [5, 5.41) is 20.3. The number of carbonyl (C=O) groups is 1. The number of cyclic esters (lactones) is 1. The van der Waals surface area contributed by atoms with Gasteiger partial charge in [0.2, 0.25) is 0 Å². The van der Waals surface area contributed by atoms with Crippen molar-refractivity contribution in [2.75, 3.05) is 13.7 Å². The maximum absolute atomic E-state index is 12.3. The Labute approximate surface area is 165 Å². The molecule has 1 aliphatic heterocycles. The number of hydrogen-bond donors (Lipinski definition) is 2. The summed E-state index contributed by atoms with van der Waals surface area (Å²) in [5.74, 6) is -0.123. The standard InChI is InChI=1S/C21H24O5Se/c1-14(23)17-9-6-10-18(25-2)19(17)27-13-21(16-7-4-3-5-8-16)11-15(12-22)20(24)26-21/h3-10,14-15,22-23H,11-13H2,1-2H3/t14-,15+,21-/m0/s1. The van der Waals surface area contributed by atoms with Crippen molar-refractivity contribution in [1.82, 2.24) is 0 Å². The van der Waals surface area contributed by atoms with E-state index in [0.29, 0.717) is 11.7 Å². The Kier molecular flexibility index (Phi) is 6.22. The van der Waals surface area contributed by atoms with Gasteiger partial charge in [-0.25, -0.2) is 0 Å². The molecule has 0 spiro atoms. The van der Waals surface area contributed by atoms with Gasteiger partial charge in [-0.05, 0) is 0 Å². The van der Waals surface area contributed by atoms with Crippen molar-refractivity contribution < 1.29 is 24.5 Å². The Bertz CT molecular complexity index is 792. The maximum atomic E-state index is 12.3. The van der Waals surface area contributed by atoms with Crippen molar-refractivity contribution in [3.05, 3.63) is 59.7 Å². The van der Waals surface area contributed by atoms with Crippen LogP contribution in [0.25, 0.3) is 0 Å². The Hall–Kier alpha value is -1.85. The van der Waals surface area contributed by atoms with Gasteiger partial charge < -0.3 is 0 Å². The number of aliphatic hydroxyl groups excluding tert-OH is 2. The first-order valence-electron chi connectivity index (χ1n) is 8.87. The third kappa shape index (κ3) is 4.04. The zero-order valence-electron chi connectivity index (χ0n) is 15.4. The van der Waals surface area contributed by atoms with Gasteiger partial charge in [-0.2, -0.15) is 0 Å². The van der Waals surface area contributed by atoms with E-state index in [1.165, 1.54) is 0 Å². The van der Waals surface area contributed by atoms with Gasteiger partial charge in [0.05, 0.1) is 0 Å². The Morgan fingerprint density at radius 2 is 2.00 bits per heavy atom. The fourth-order valence-electron chi connectivity index (χ4n) is 3.39. The molecule has 1 fully saturated rings. The molecule has 0 radical (unpaired) electrons. The number of ether oxygens (including phenoxy) is 2. The minimum atomic E-state index is -0.761. The van der Waals surface area contributed by atoms with Crippen LogP contribution in [0.4, 0.5) is 0 Å². The van der Waals surface area contributed by atoms with Crippen molar-refractivity contribution in [2.45, 2.75) is 30.4 Å². The van der Waals surface area contributed by atoms with Crippen LogP contribution in [0.3, 0.4) is 0 Å². The SMILES string of the molecule is COc1cccc([C@H](C)O)c1[Se]C[C@]1(c2ccccc2)C[C@H](CO)C(=O)O1. The molecule has 3 rings (SSSR count). The summed E-state index contributed by atoms with van der Waals surface area (Å²) >= 11 is -0.112. The van der Waals surface area contributed by atoms with Gasteiger partial charge in [0, 0.05) is 0 Å². The Balaban J connectivity index is 1.95. The number of hydrogen-bond acceptors (Lipinski definition) is 5. The molecular formula is C21H24O5Se. The third-order valence-electron chi connectivity index (χ3n) is 4.85. The topological polar surface area (TPSA) is 76.0 Å². The molecule has 3 atom stereocenters. The third-order valence-corrected chi connectivity index (χ3v) is 7.66. The van der Waals surface area contributed by atoms with Crippen LogP contribution in [0.1, 0.15) is 30.6 Å². The van der Waals surface area contributed by atoms with Crippen molar-refractivity contribution >= 4 is 25.4 Å². The molecule has 1 heterocycles. The van der Waals surface area contributed by atoms with Crippen molar-refractivity contribution in [1.29, 1.82) is 0 Å². The fraction of sp³-hybridized carbons (Fsp3) is 0.381. The van der Waals surface area contributed by atoms with E-state index in [9.17, 15) is 15.0 Å². The van der Waals surface area contributed by atoms with E-state index in [1.807, 2.05) is 48.5 Å². The molecule has 144 valence electrons. The number of rotatable bonds is 7. The number of aliphatic hydroxyl groups is 2. The molecule has 0 bridgehead atoms. The molecule has 0 amide bonds. The van der Waals surface area contributed by atoms with Gasteiger partial charge >= 0.3 is 165 Å². The van der Waals surface area contributed by atoms with Gasteiger partial charge in [0.25, 0.3) is 0 Å². The molecular weight excluding hydrogens is 411 g/mol. The molecule has 0 unspecified atom stereocenters. The Morgan fingerprint density at radius 1 is 1.26 bits per heavy atom. The summed E-state index contributed by atoms with van der Waals surface area (Å²) in [6.45, 7) is 1.52. The van der Waals surface area contributed by atoms with Gasteiger partial charge in [-0.1, -0.05) is 0 Å². The summed E-state index contributed by atoms with van der Waals surface area (Å²) in [4.78, 5) is 12.3. The predicted octanol–water partition coefficient (Wildman–Crippen LogP) is 1.95. The molecule has 2 aromatic rings. The molecule has 0 aliphatic carbocycles. The van der Waals surface area contributed by atoms with Crippen molar-refractivity contribution in [3.63, 3.8) is 0 Å². The zero-order valence-corrected chi connectivity index (χ0v) is 17.1. The van der Waals surface area contributed by atoms with Gasteiger partial charge in [-0.15, -0.1) is 0 Å². The van der Waals surface area contributed by atoms with Crippen LogP contribution in [0.2, 0.25) is 5.32 Å². The van der Waals surface area contributed by atoms with E-state index in [-0.39, 0.29) is 27.5 Å². The predicted molar refractivity (Wildman–Crippen MR) is 103 cm³/mol. The van der Waals surface area contributed by atoms with E-state index in [1.54, 1.807) is 14.0 Å². The second-order valence-electron chi connectivity index (χ2n) is 6.71. The first-order valence-corrected chi connectivity index (χ1v) is 10.9. The summed E-state index contributed by atoms with van der Waals surface area (Å²) in [5.41, 5.74) is 1.01. The second kappa shape index (κ2) is 8.44. The molecule has 0 saturated carbocycles. The molecule has 1 saturated heterocycles. The van der Waals surface area contributed by atoms with Crippen LogP contribution in [-0.2, 0) is 15.1 Å². The molecule has 27 heavy (non-hydrogen) atoms. The Morgan fingerprint density at radius 3 is 2.59 bits per heavy atom. The van der Waals surface area contributed by atoms with Crippen molar-refractivity contribution in [3.8, 4) is 5.75 Å². The van der Waals surface area contributed by atoms with E-state index < -0.39 is 17.6 Å². The van der Waals surface area contributed by atoms with Crippen LogP contribution >= 0.6 is 0 Å². The minimum absolute atomic E-state index is 0.112. The number of benzene rings is 2. The van der Waals surface area contributed by atoms with Gasteiger partial charge in [0.1, 0.15) is 0 Å². The van der Waals surface area contributed by atoms with Crippen LogP contribution in [0.15, 0.2) is 48.5 Å². The summed E-state index contributed by atoms with van der Waals surface area (Å²) < 4.78 is 12.3. The summed E-state index contributed by atoms with van der Waals surface area (Å²) in [6, 6.07) is 15.3. The average molecular weight is 435 g/mol. The van der Waals surface area contributed by atoms with E-state index >= 15 is 0 Å². The van der Waals surface area contributed by atoms with Crippen LogP contribution in [0.5, 0.6) is 5.75 Å². The molecule has 0 aromatic heterocycles. The van der Waals surface area contributed by atoms with E-state index in [0.717, 1.165) is 21.3 Å². The molecule has 1 aliphatic rings. The molecule has 6 heteroatoms.